The summed E-state index contributed by atoms with van der Waals surface area (Å²) in [6.45, 7) is 1.65. The van der Waals surface area contributed by atoms with Crippen LogP contribution in [0.4, 0.5) is 4.39 Å². The smallest absolute Gasteiger partial charge is 0.164 e. The summed E-state index contributed by atoms with van der Waals surface area (Å²) in [6, 6.07) is 4.49. The summed E-state index contributed by atoms with van der Waals surface area (Å²) in [5, 5.41) is 16.8. The van der Waals surface area contributed by atoms with Crippen molar-refractivity contribution in [3.8, 4) is 11.4 Å². The first-order valence-electron chi connectivity index (χ1n) is 4.89. The minimum absolute atomic E-state index is 0.163. The molecule has 0 radical (unpaired) electrons. The van der Waals surface area contributed by atoms with Gasteiger partial charge in [-0.2, -0.15) is 0 Å². The van der Waals surface area contributed by atoms with Crippen LogP contribution in [-0.2, 0) is 13.7 Å². The number of halogens is 1. The average Bonchev–Trinajstić information content (AvgIpc) is 2.60. The normalized spacial score (nSPS) is 10.8. The van der Waals surface area contributed by atoms with Crippen molar-refractivity contribution in [2.45, 2.75) is 13.5 Å². The van der Waals surface area contributed by atoms with Crippen LogP contribution in [0.5, 0.6) is 0 Å². The highest BCUT2D eigenvalue weighted by atomic mass is 19.1. The van der Waals surface area contributed by atoms with Crippen LogP contribution in [0, 0.1) is 12.7 Å². The second kappa shape index (κ2) is 4.02. The number of benzene rings is 1. The lowest BCUT2D eigenvalue weighted by Crippen LogP contribution is -2.00. The van der Waals surface area contributed by atoms with E-state index in [-0.39, 0.29) is 12.4 Å². The number of aromatic nitrogens is 3. The average molecular weight is 221 g/mol. The van der Waals surface area contributed by atoms with Crippen molar-refractivity contribution in [2.24, 2.45) is 7.05 Å². The number of nitrogens with zero attached hydrogens (tertiary/aromatic N) is 3. The zero-order valence-corrected chi connectivity index (χ0v) is 9.11. The van der Waals surface area contributed by atoms with Crippen LogP contribution >= 0.6 is 0 Å². The number of aliphatic hydroxyl groups excluding tert-OH is 1. The topological polar surface area (TPSA) is 50.9 Å². The fourth-order valence-electron chi connectivity index (χ4n) is 1.61. The van der Waals surface area contributed by atoms with Crippen molar-refractivity contribution in [3.63, 3.8) is 0 Å². The molecular weight excluding hydrogens is 209 g/mol. The molecule has 4 nitrogen and oxygen atoms in total. The third kappa shape index (κ3) is 1.69. The lowest BCUT2D eigenvalue weighted by molar-refractivity contribution is 0.267. The minimum atomic E-state index is -0.272. The molecule has 2 aromatic rings. The van der Waals surface area contributed by atoms with Crippen molar-refractivity contribution in [1.29, 1.82) is 0 Å². The summed E-state index contributed by atoms with van der Waals surface area (Å²) in [7, 11) is 1.77. The monoisotopic (exact) mass is 221 g/mol. The van der Waals surface area contributed by atoms with Gasteiger partial charge >= 0.3 is 0 Å². The molecule has 0 saturated carbocycles. The molecule has 0 aliphatic carbocycles. The first-order chi connectivity index (χ1) is 7.63. The van der Waals surface area contributed by atoms with E-state index in [1.165, 1.54) is 12.1 Å². The summed E-state index contributed by atoms with van der Waals surface area (Å²) < 4.78 is 14.6. The van der Waals surface area contributed by atoms with Crippen molar-refractivity contribution >= 4 is 0 Å². The lowest BCUT2D eigenvalue weighted by atomic mass is 10.1. The van der Waals surface area contributed by atoms with E-state index in [4.69, 9.17) is 5.11 Å². The molecule has 1 aromatic carbocycles. The van der Waals surface area contributed by atoms with Crippen LogP contribution in [0.25, 0.3) is 11.4 Å². The number of aryl methyl sites for hydroxylation is 1. The lowest BCUT2D eigenvalue weighted by Gasteiger charge is -2.05. The number of rotatable bonds is 2. The zero-order chi connectivity index (χ0) is 11.7. The van der Waals surface area contributed by atoms with E-state index in [2.05, 4.69) is 10.2 Å². The van der Waals surface area contributed by atoms with Crippen molar-refractivity contribution < 1.29 is 9.50 Å². The molecular formula is C11H12FN3O. The summed E-state index contributed by atoms with van der Waals surface area (Å²) in [4.78, 5) is 0. The highest BCUT2D eigenvalue weighted by Crippen LogP contribution is 2.22. The van der Waals surface area contributed by atoms with Gasteiger partial charge in [0.1, 0.15) is 12.4 Å². The minimum Gasteiger partial charge on any atom is -0.388 e. The Morgan fingerprint density at radius 1 is 1.38 bits per heavy atom. The Hall–Kier alpha value is -1.75. The molecule has 1 heterocycles. The quantitative estimate of drug-likeness (QED) is 0.834. The third-order valence-corrected chi connectivity index (χ3v) is 2.54. The van der Waals surface area contributed by atoms with E-state index >= 15 is 0 Å². The largest absolute Gasteiger partial charge is 0.388 e. The Morgan fingerprint density at radius 3 is 2.69 bits per heavy atom. The van der Waals surface area contributed by atoms with Crippen LogP contribution in [0.2, 0.25) is 0 Å². The number of hydrogen-bond acceptors (Lipinski definition) is 3. The standard InChI is InChI=1S/C11H12FN3O/c1-7-5-8(12)3-4-9(7)11-14-13-10(6-16)15(11)2/h3-5,16H,6H2,1-2H3. The van der Waals surface area contributed by atoms with Gasteiger partial charge in [-0.1, -0.05) is 0 Å². The highest BCUT2D eigenvalue weighted by Gasteiger charge is 2.12. The van der Waals surface area contributed by atoms with Crippen molar-refractivity contribution in [3.05, 3.63) is 35.4 Å². The van der Waals surface area contributed by atoms with E-state index in [9.17, 15) is 4.39 Å². The predicted octanol–water partition coefficient (Wildman–Crippen LogP) is 1.42. The molecule has 1 N–H and O–H groups in total. The third-order valence-electron chi connectivity index (χ3n) is 2.54. The second-order valence-corrected chi connectivity index (χ2v) is 3.62. The Kier molecular flexibility index (Phi) is 2.70. The Bertz CT molecular complexity index is 522. The van der Waals surface area contributed by atoms with Gasteiger partial charge in [-0.15, -0.1) is 10.2 Å². The van der Waals surface area contributed by atoms with E-state index in [0.29, 0.717) is 11.6 Å². The van der Waals surface area contributed by atoms with Crippen LogP contribution in [0.15, 0.2) is 18.2 Å². The van der Waals surface area contributed by atoms with Crippen LogP contribution in [-0.4, -0.2) is 19.9 Å². The molecule has 0 aliphatic heterocycles. The van der Waals surface area contributed by atoms with Crippen molar-refractivity contribution in [1.82, 2.24) is 14.8 Å². The summed E-state index contributed by atoms with van der Waals surface area (Å²) >= 11 is 0. The predicted molar refractivity (Wildman–Crippen MR) is 57.1 cm³/mol. The number of aliphatic hydroxyl groups is 1. The van der Waals surface area contributed by atoms with Gasteiger partial charge in [0.05, 0.1) is 0 Å². The van der Waals surface area contributed by atoms with Gasteiger partial charge in [0.25, 0.3) is 0 Å². The second-order valence-electron chi connectivity index (χ2n) is 3.62. The van der Waals surface area contributed by atoms with Gasteiger partial charge in [-0.05, 0) is 30.7 Å². The summed E-state index contributed by atoms with van der Waals surface area (Å²) in [6.07, 6.45) is 0. The highest BCUT2D eigenvalue weighted by molar-refractivity contribution is 5.60. The Balaban J connectivity index is 2.54. The zero-order valence-electron chi connectivity index (χ0n) is 9.11. The molecule has 84 valence electrons. The Morgan fingerprint density at radius 2 is 2.12 bits per heavy atom. The maximum atomic E-state index is 13.0. The molecule has 0 fully saturated rings. The first-order valence-corrected chi connectivity index (χ1v) is 4.89. The number of hydrogen-bond donors (Lipinski definition) is 1. The Labute approximate surface area is 92.4 Å². The van der Waals surface area contributed by atoms with Gasteiger partial charge < -0.3 is 9.67 Å². The molecule has 2 rings (SSSR count). The maximum Gasteiger partial charge on any atom is 0.164 e. The van der Waals surface area contributed by atoms with E-state index < -0.39 is 0 Å². The van der Waals surface area contributed by atoms with E-state index in [0.717, 1.165) is 11.1 Å². The molecule has 0 spiro atoms. The molecule has 0 unspecified atom stereocenters. The molecule has 0 aliphatic rings. The maximum absolute atomic E-state index is 13.0. The van der Waals surface area contributed by atoms with Crippen LogP contribution in [0.1, 0.15) is 11.4 Å². The SMILES string of the molecule is Cc1cc(F)ccc1-c1nnc(CO)n1C. The fraction of sp³-hybridized carbons (Fsp3) is 0.273. The fourth-order valence-corrected chi connectivity index (χ4v) is 1.61. The molecule has 0 bridgehead atoms. The van der Waals surface area contributed by atoms with Gasteiger partial charge in [-0.25, -0.2) is 4.39 Å². The summed E-state index contributed by atoms with van der Waals surface area (Å²) in [5.74, 6) is 0.839. The molecule has 16 heavy (non-hydrogen) atoms. The molecule has 0 atom stereocenters. The van der Waals surface area contributed by atoms with Crippen LogP contribution < -0.4 is 0 Å². The summed E-state index contributed by atoms with van der Waals surface area (Å²) in [5.41, 5.74) is 1.61. The van der Waals surface area contributed by atoms with Gasteiger partial charge in [0, 0.05) is 12.6 Å². The van der Waals surface area contributed by atoms with Gasteiger partial charge in [0.2, 0.25) is 0 Å². The first kappa shape index (κ1) is 10.8. The van der Waals surface area contributed by atoms with Crippen LogP contribution in [0.3, 0.4) is 0 Å². The van der Waals surface area contributed by atoms with Crippen molar-refractivity contribution in [2.75, 3.05) is 0 Å². The molecule has 0 amide bonds. The molecule has 5 heteroatoms. The van der Waals surface area contributed by atoms with E-state index in [1.807, 2.05) is 6.92 Å². The molecule has 1 aromatic heterocycles. The molecule has 0 saturated heterocycles. The van der Waals surface area contributed by atoms with Gasteiger partial charge in [-0.3, -0.25) is 0 Å². The van der Waals surface area contributed by atoms with E-state index in [1.54, 1.807) is 17.7 Å². The van der Waals surface area contributed by atoms with Gasteiger partial charge in [0.15, 0.2) is 11.6 Å².